The molecular formula is C18H20N4O3. The number of hydrogen-bond acceptors (Lipinski definition) is 4. The van der Waals surface area contributed by atoms with Gasteiger partial charge in [0.2, 0.25) is 5.91 Å². The molecule has 2 amide bonds. The molecule has 1 aromatic carbocycles. The number of nitrogens with one attached hydrogen (secondary N) is 1. The third kappa shape index (κ3) is 3.28. The maximum absolute atomic E-state index is 12.9. The smallest absolute Gasteiger partial charge is 0.253 e. The quantitative estimate of drug-likeness (QED) is 0.891. The van der Waals surface area contributed by atoms with Crippen LogP contribution in [0.1, 0.15) is 22.3 Å². The zero-order valence-electron chi connectivity index (χ0n) is 13.9. The monoisotopic (exact) mass is 340 g/mol. The Morgan fingerprint density at radius 3 is 3.04 bits per heavy atom. The van der Waals surface area contributed by atoms with Crippen molar-refractivity contribution in [2.45, 2.75) is 18.6 Å². The Labute approximate surface area is 145 Å². The van der Waals surface area contributed by atoms with Crippen molar-refractivity contribution in [2.75, 3.05) is 26.2 Å². The molecule has 2 aromatic rings. The molecule has 3 heterocycles. The molecule has 1 N–H and O–H groups in total. The van der Waals surface area contributed by atoms with Gasteiger partial charge in [-0.1, -0.05) is 12.1 Å². The molecule has 0 aliphatic carbocycles. The van der Waals surface area contributed by atoms with Gasteiger partial charge in [-0.2, -0.15) is 5.10 Å². The van der Waals surface area contributed by atoms with Gasteiger partial charge in [0.15, 0.2) is 0 Å². The van der Waals surface area contributed by atoms with Crippen molar-refractivity contribution >= 4 is 11.8 Å². The molecule has 2 saturated heterocycles. The molecular weight excluding hydrogens is 320 g/mol. The van der Waals surface area contributed by atoms with Crippen LogP contribution in [0, 0.1) is 0 Å². The molecule has 0 radical (unpaired) electrons. The van der Waals surface area contributed by atoms with E-state index >= 15 is 0 Å². The first-order valence-electron chi connectivity index (χ1n) is 8.40. The lowest BCUT2D eigenvalue weighted by Gasteiger charge is -2.33. The van der Waals surface area contributed by atoms with E-state index in [-0.39, 0.29) is 18.4 Å². The minimum atomic E-state index is -0.434. The number of ether oxygens (including phenoxy) is 1. The Bertz CT molecular complexity index is 777. The van der Waals surface area contributed by atoms with Crippen molar-refractivity contribution in [1.29, 1.82) is 0 Å². The number of hydrogen-bond donors (Lipinski definition) is 1. The van der Waals surface area contributed by atoms with E-state index in [1.165, 1.54) is 0 Å². The SMILES string of the molecule is O=C1COC2(CCN(C(=O)c3cccc(Cn4cccn4)c3)C2)CN1. The van der Waals surface area contributed by atoms with Gasteiger partial charge in [-0.05, 0) is 30.2 Å². The van der Waals surface area contributed by atoms with Crippen LogP contribution in [0.15, 0.2) is 42.7 Å². The third-order valence-electron chi connectivity index (χ3n) is 4.80. The van der Waals surface area contributed by atoms with Crippen molar-refractivity contribution in [3.8, 4) is 0 Å². The molecule has 130 valence electrons. The highest BCUT2D eigenvalue weighted by Gasteiger charge is 2.43. The Morgan fingerprint density at radius 2 is 2.28 bits per heavy atom. The number of morpholine rings is 1. The van der Waals surface area contributed by atoms with E-state index in [0.29, 0.717) is 31.7 Å². The second-order valence-electron chi connectivity index (χ2n) is 6.63. The largest absolute Gasteiger partial charge is 0.361 e. The first-order valence-corrected chi connectivity index (χ1v) is 8.40. The van der Waals surface area contributed by atoms with Crippen LogP contribution in [-0.2, 0) is 16.1 Å². The molecule has 0 saturated carbocycles. The molecule has 7 heteroatoms. The number of amides is 2. The van der Waals surface area contributed by atoms with Gasteiger partial charge in [0.1, 0.15) is 12.2 Å². The van der Waals surface area contributed by atoms with Crippen molar-refractivity contribution in [1.82, 2.24) is 20.0 Å². The molecule has 2 aliphatic rings. The zero-order valence-corrected chi connectivity index (χ0v) is 13.9. The van der Waals surface area contributed by atoms with Crippen LogP contribution in [0.25, 0.3) is 0 Å². The lowest BCUT2D eigenvalue weighted by Crippen LogP contribution is -2.54. The van der Waals surface area contributed by atoms with E-state index in [4.69, 9.17) is 4.74 Å². The Morgan fingerprint density at radius 1 is 1.36 bits per heavy atom. The number of benzene rings is 1. The molecule has 2 fully saturated rings. The summed E-state index contributed by atoms with van der Waals surface area (Å²) in [4.78, 5) is 25.9. The number of likely N-dealkylation sites (tertiary alicyclic amines) is 1. The summed E-state index contributed by atoms with van der Waals surface area (Å²) in [6, 6.07) is 9.52. The van der Waals surface area contributed by atoms with Crippen LogP contribution in [0.2, 0.25) is 0 Å². The fourth-order valence-electron chi connectivity index (χ4n) is 3.43. The summed E-state index contributed by atoms with van der Waals surface area (Å²) in [6.07, 6.45) is 4.38. The van der Waals surface area contributed by atoms with Crippen LogP contribution in [0.4, 0.5) is 0 Å². The molecule has 0 bridgehead atoms. The number of carbonyl (C=O) groups excluding carboxylic acids is 2. The summed E-state index contributed by atoms with van der Waals surface area (Å²) in [5.74, 6) is -0.0959. The topological polar surface area (TPSA) is 76.5 Å². The Kier molecular flexibility index (Phi) is 4.01. The molecule has 4 rings (SSSR count). The van der Waals surface area contributed by atoms with Crippen LogP contribution in [-0.4, -0.2) is 58.3 Å². The number of nitrogens with zero attached hydrogens (tertiary/aromatic N) is 3. The fourth-order valence-corrected chi connectivity index (χ4v) is 3.43. The fraction of sp³-hybridized carbons (Fsp3) is 0.389. The molecule has 1 atom stereocenters. The van der Waals surface area contributed by atoms with E-state index < -0.39 is 5.60 Å². The second kappa shape index (κ2) is 6.33. The number of aromatic nitrogens is 2. The Balaban J connectivity index is 1.45. The Hall–Kier alpha value is -2.67. The van der Waals surface area contributed by atoms with Gasteiger partial charge in [0.25, 0.3) is 5.91 Å². The van der Waals surface area contributed by atoms with E-state index in [1.807, 2.05) is 46.1 Å². The summed E-state index contributed by atoms with van der Waals surface area (Å²) >= 11 is 0. The maximum atomic E-state index is 12.9. The molecule has 1 aromatic heterocycles. The van der Waals surface area contributed by atoms with Crippen LogP contribution < -0.4 is 5.32 Å². The molecule has 2 aliphatic heterocycles. The van der Waals surface area contributed by atoms with Gasteiger partial charge in [-0.3, -0.25) is 14.3 Å². The van der Waals surface area contributed by atoms with Crippen LogP contribution >= 0.6 is 0 Å². The van der Waals surface area contributed by atoms with Gasteiger partial charge in [0, 0.05) is 31.0 Å². The van der Waals surface area contributed by atoms with Crippen LogP contribution in [0.5, 0.6) is 0 Å². The minimum absolute atomic E-state index is 0.000287. The first-order chi connectivity index (χ1) is 12.1. The predicted molar refractivity (Wildman–Crippen MR) is 90.0 cm³/mol. The van der Waals surface area contributed by atoms with Crippen molar-refractivity contribution in [3.63, 3.8) is 0 Å². The van der Waals surface area contributed by atoms with Crippen molar-refractivity contribution in [2.24, 2.45) is 0 Å². The van der Waals surface area contributed by atoms with Gasteiger partial charge in [0.05, 0.1) is 13.1 Å². The van der Waals surface area contributed by atoms with E-state index in [0.717, 1.165) is 12.0 Å². The maximum Gasteiger partial charge on any atom is 0.253 e. The molecule has 1 unspecified atom stereocenters. The molecule has 25 heavy (non-hydrogen) atoms. The lowest BCUT2D eigenvalue weighted by atomic mass is 10.0. The standard InChI is InChI=1S/C18H20N4O3/c23-16-11-25-18(12-19-16)5-8-21(13-18)17(24)15-4-1-3-14(9-15)10-22-7-2-6-20-22/h1-4,6-7,9H,5,8,10-13H2,(H,19,23). The normalized spacial score (nSPS) is 23.0. The first kappa shape index (κ1) is 15.8. The number of carbonyl (C=O) groups is 2. The van der Waals surface area contributed by atoms with E-state index in [2.05, 4.69) is 10.4 Å². The summed E-state index contributed by atoms with van der Waals surface area (Å²) in [5.41, 5.74) is 1.27. The summed E-state index contributed by atoms with van der Waals surface area (Å²) in [5, 5.41) is 7.03. The van der Waals surface area contributed by atoms with Gasteiger partial charge in [-0.25, -0.2) is 0 Å². The summed E-state index contributed by atoms with van der Waals surface area (Å²) < 4.78 is 7.56. The lowest BCUT2D eigenvalue weighted by molar-refractivity contribution is -0.141. The van der Waals surface area contributed by atoms with Gasteiger partial charge < -0.3 is 15.0 Å². The summed E-state index contributed by atoms with van der Waals surface area (Å²) in [7, 11) is 0. The van der Waals surface area contributed by atoms with E-state index in [1.54, 1.807) is 6.20 Å². The minimum Gasteiger partial charge on any atom is -0.361 e. The van der Waals surface area contributed by atoms with Gasteiger partial charge in [-0.15, -0.1) is 0 Å². The highest BCUT2D eigenvalue weighted by molar-refractivity contribution is 5.94. The average Bonchev–Trinajstić information content (AvgIpc) is 3.28. The van der Waals surface area contributed by atoms with Crippen molar-refractivity contribution in [3.05, 3.63) is 53.9 Å². The second-order valence-corrected chi connectivity index (χ2v) is 6.63. The highest BCUT2D eigenvalue weighted by Crippen LogP contribution is 2.28. The predicted octanol–water partition coefficient (Wildman–Crippen LogP) is 0.663. The molecule has 7 nitrogen and oxygen atoms in total. The molecule has 1 spiro atoms. The van der Waals surface area contributed by atoms with E-state index in [9.17, 15) is 9.59 Å². The van der Waals surface area contributed by atoms with Gasteiger partial charge >= 0.3 is 0 Å². The average molecular weight is 340 g/mol. The highest BCUT2D eigenvalue weighted by atomic mass is 16.5. The van der Waals surface area contributed by atoms with Crippen LogP contribution in [0.3, 0.4) is 0 Å². The van der Waals surface area contributed by atoms with Crippen molar-refractivity contribution < 1.29 is 14.3 Å². The number of rotatable bonds is 3. The zero-order chi connectivity index (χ0) is 17.3. The summed E-state index contributed by atoms with van der Waals surface area (Å²) in [6.45, 7) is 2.32. The third-order valence-corrected chi connectivity index (χ3v) is 4.80.